The van der Waals surface area contributed by atoms with E-state index in [4.69, 9.17) is 4.98 Å². The quantitative estimate of drug-likeness (QED) is 0.699. The zero-order chi connectivity index (χ0) is 17.6. The number of nitrogens with zero attached hydrogens (tertiary/aromatic N) is 3. The van der Waals surface area contributed by atoms with Crippen molar-refractivity contribution in [1.82, 2.24) is 14.5 Å². The van der Waals surface area contributed by atoms with Crippen LogP contribution in [0.3, 0.4) is 0 Å². The summed E-state index contributed by atoms with van der Waals surface area (Å²) >= 11 is 1.56. The average molecular weight is 353 g/mol. The van der Waals surface area contributed by atoms with Gasteiger partial charge >= 0.3 is 0 Å². The molecule has 0 N–H and O–H groups in total. The smallest absolute Gasteiger partial charge is 0.263 e. The van der Waals surface area contributed by atoms with Gasteiger partial charge in [-0.1, -0.05) is 29.8 Å². The lowest BCUT2D eigenvalue weighted by Gasteiger charge is -2.31. The largest absolute Gasteiger partial charge is 0.306 e. The molecule has 3 heterocycles. The summed E-state index contributed by atoms with van der Waals surface area (Å²) in [5.74, 6) is 0.837. The van der Waals surface area contributed by atoms with Crippen LogP contribution in [-0.4, -0.2) is 34.6 Å². The number of fused-ring (bicyclic) bond motifs is 1. The van der Waals surface area contributed by atoms with Crippen molar-refractivity contribution in [2.75, 3.05) is 20.1 Å². The number of piperidine rings is 1. The minimum Gasteiger partial charge on any atom is -0.306 e. The predicted molar refractivity (Wildman–Crippen MR) is 105 cm³/mol. The molecule has 0 aliphatic carbocycles. The van der Waals surface area contributed by atoms with Crippen molar-refractivity contribution >= 4 is 21.6 Å². The van der Waals surface area contributed by atoms with Gasteiger partial charge in [0, 0.05) is 17.0 Å². The van der Waals surface area contributed by atoms with E-state index in [0.29, 0.717) is 0 Å². The third kappa shape index (κ3) is 2.92. The summed E-state index contributed by atoms with van der Waals surface area (Å²) in [6.45, 7) is 6.10. The van der Waals surface area contributed by atoms with Gasteiger partial charge in [-0.25, -0.2) is 4.98 Å². The van der Waals surface area contributed by atoms with Crippen LogP contribution < -0.4 is 5.56 Å². The van der Waals surface area contributed by atoms with Crippen LogP contribution in [0.5, 0.6) is 0 Å². The SMILES string of the molecule is Cc1ccc(-c2csc3nc(C)n(C4CCN(C)CC4)c(=O)c23)cc1. The summed E-state index contributed by atoms with van der Waals surface area (Å²) < 4.78 is 1.94. The normalized spacial score (nSPS) is 16.6. The number of rotatable bonds is 2. The molecule has 1 aliphatic heterocycles. The Bertz CT molecular complexity index is 963. The molecule has 1 saturated heterocycles. The molecule has 25 heavy (non-hydrogen) atoms. The van der Waals surface area contributed by atoms with Crippen molar-refractivity contribution in [3.05, 3.63) is 51.4 Å². The van der Waals surface area contributed by atoms with E-state index in [2.05, 4.69) is 48.5 Å². The maximum atomic E-state index is 13.4. The molecule has 1 aliphatic rings. The molecule has 0 unspecified atom stereocenters. The monoisotopic (exact) mass is 353 g/mol. The van der Waals surface area contributed by atoms with Crippen LogP contribution in [0.1, 0.15) is 30.3 Å². The van der Waals surface area contributed by atoms with Crippen LogP contribution >= 0.6 is 11.3 Å². The minimum atomic E-state index is 0.119. The van der Waals surface area contributed by atoms with Crippen LogP contribution in [-0.2, 0) is 0 Å². The maximum Gasteiger partial charge on any atom is 0.263 e. The third-order valence-electron chi connectivity index (χ3n) is 5.23. The Kier molecular flexibility index (Phi) is 4.21. The first-order chi connectivity index (χ1) is 12.0. The highest BCUT2D eigenvalue weighted by Gasteiger charge is 2.23. The van der Waals surface area contributed by atoms with Crippen LogP contribution in [0, 0.1) is 13.8 Å². The molecule has 0 spiro atoms. The molecule has 3 aromatic rings. The molecule has 0 saturated carbocycles. The fourth-order valence-electron chi connectivity index (χ4n) is 3.73. The first kappa shape index (κ1) is 16.5. The van der Waals surface area contributed by atoms with E-state index in [1.807, 2.05) is 11.5 Å². The number of benzene rings is 1. The highest BCUT2D eigenvalue weighted by atomic mass is 32.1. The molecule has 0 amide bonds. The van der Waals surface area contributed by atoms with E-state index < -0.39 is 0 Å². The van der Waals surface area contributed by atoms with E-state index in [1.54, 1.807) is 11.3 Å². The van der Waals surface area contributed by atoms with Crippen molar-refractivity contribution in [1.29, 1.82) is 0 Å². The molecule has 2 aromatic heterocycles. The molecular weight excluding hydrogens is 330 g/mol. The lowest BCUT2D eigenvalue weighted by atomic mass is 10.0. The van der Waals surface area contributed by atoms with Gasteiger partial charge in [-0.15, -0.1) is 11.3 Å². The van der Waals surface area contributed by atoms with Crippen molar-refractivity contribution < 1.29 is 0 Å². The molecule has 5 heteroatoms. The summed E-state index contributed by atoms with van der Waals surface area (Å²) in [6, 6.07) is 8.63. The second kappa shape index (κ2) is 6.39. The second-order valence-electron chi connectivity index (χ2n) is 7.06. The number of hydrogen-bond donors (Lipinski definition) is 0. The van der Waals surface area contributed by atoms with Gasteiger partial charge < -0.3 is 4.90 Å². The molecule has 0 atom stereocenters. The Balaban J connectivity index is 1.87. The van der Waals surface area contributed by atoms with E-state index >= 15 is 0 Å². The van der Waals surface area contributed by atoms with Gasteiger partial charge in [0.05, 0.1) is 5.39 Å². The zero-order valence-corrected chi connectivity index (χ0v) is 15.8. The Labute approximate surface area is 151 Å². The lowest BCUT2D eigenvalue weighted by Crippen LogP contribution is -2.36. The van der Waals surface area contributed by atoms with Crippen LogP contribution in [0.25, 0.3) is 21.3 Å². The van der Waals surface area contributed by atoms with Crippen LogP contribution in [0.15, 0.2) is 34.4 Å². The van der Waals surface area contributed by atoms with Crippen molar-refractivity contribution in [2.24, 2.45) is 0 Å². The minimum absolute atomic E-state index is 0.119. The molecule has 1 aromatic carbocycles. The molecule has 130 valence electrons. The fraction of sp³-hybridized carbons (Fsp3) is 0.400. The Hall–Kier alpha value is -1.98. The highest BCUT2D eigenvalue weighted by Crippen LogP contribution is 2.32. The Morgan fingerprint density at radius 2 is 1.80 bits per heavy atom. The first-order valence-electron chi connectivity index (χ1n) is 8.80. The number of hydrogen-bond acceptors (Lipinski definition) is 4. The number of aromatic nitrogens is 2. The summed E-state index contributed by atoms with van der Waals surface area (Å²) in [7, 11) is 2.14. The van der Waals surface area contributed by atoms with E-state index in [1.165, 1.54) is 5.56 Å². The van der Waals surface area contributed by atoms with Crippen molar-refractivity contribution in [2.45, 2.75) is 32.7 Å². The van der Waals surface area contributed by atoms with Crippen molar-refractivity contribution in [3.8, 4) is 11.1 Å². The van der Waals surface area contributed by atoms with E-state index in [0.717, 1.165) is 53.1 Å². The van der Waals surface area contributed by atoms with Gasteiger partial charge in [-0.05, 0) is 52.4 Å². The average Bonchev–Trinajstić information content (AvgIpc) is 3.01. The third-order valence-corrected chi connectivity index (χ3v) is 6.10. The number of aryl methyl sites for hydroxylation is 2. The predicted octanol–water partition coefficient (Wildman–Crippen LogP) is 4.01. The molecular formula is C20H23N3OS. The molecule has 0 radical (unpaired) electrons. The topological polar surface area (TPSA) is 38.1 Å². The zero-order valence-electron chi connectivity index (χ0n) is 15.0. The van der Waals surface area contributed by atoms with Crippen molar-refractivity contribution in [3.63, 3.8) is 0 Å². The van der Waals surface area contributed by atoms with Crippen LogP contribution in [0.4, 0.5) is 0 Å². The molecule has 4 rings (SSSR count). The lowest BCUT2D eigenvalue weighted by molar-refractivity contribution is 0.216. The van der Waals surface area contributed by atoms with E-state index in [-0.39, 0.29) is 11.6 Å². The molecule has 0 bridgehead atoms. The van der Waals surface area contributed by atoms with Gasteiger partial charge in [-0.2, -0.15) is 0 Å². The standard InChI is InChI=1S/C20H23N3OS/c1-13-4-6-15(7-5-13)17-12-25-19-18(17)20(24)23(14(2)21-19)16-8-10-22(3)11-9-16/h4-7,12,16H,8-11H2,1-3H3. The summed E-state index contributed by atoms with van der Waals surface area (Å²) in [6.07, 6.45) is 2.02. The first-order valence-corrected chi connectivity index (χ1v) is 9.68. The maximum absolute atomic E-state index is 13.4. The fourth-order valence-corrected chi connectivity index (χ4v) is 4.72. The summed E-state index contributed by atoms with van der Waals surface area (Å²) in [5.41, 5.74) is 3.45. The highest BCUT2D eigenvalue weighted by molar-refractivity contribution is 7.17. The van der Waals surface area contributed by atoms with Gasteiger partial charge in [0.2, 0.25) is 0 Å². The molecule has 1 fully saturated rings. The van der Waals surface area contributed by atoms with Gasteiger partial charge in [0.1, 0.15) is 10.7 Å². The number of thiophene rings is 1. The summed E-state index contributed by atoms with van der Waals surface area (Å²) in [5, 5.41) is 2.85. The second-order valence-corrected chi connectivity index (χ2v) is 7.92. The Morgan fingerprint density at radius 1 is 1.12 bits per heavy atom. The summed E-state index contributed by atoms with van der Waals surface area (Å²) in [4.78, 5) is 21.3. The number of likely N-dealkylation sites (tertiary alicyclic amines) is 1. The van der Waals surface area contributed by atoms with Gasteiger partial charge in [-0.3, -0.25) is 9.36 Å². The van der Waals surface area contributed by atoms with E-state index in [9.17, 15) is 4.79 Å². The van der Waals surface area contributed by atoms with Gasteiger partial charge in [0.25, 0.3) is 5.56 Å². The van der Waals surface area contributed by atoms with Crippen LogP contribution in [0.2, 0.25) is 0 Å². The van der Waals surface area contributed by atoms with Gasteiger partial charge in [0.15, 0.2) is 0 Å². The molecule has 4 nitrogen and oxygen atoms in total. The Morgan fingerprint density at radius 3 is 2.48 bits per heavy atom.